The summed E-state index contributed by atoms with van der Waals surface area (Å²) in [6, 6.07) is 17.2. The fraction of sp³-hybridized carbons (Fsp3) is 0.143. The molecule has 0 aliphatic heterocycles. The lowest BCUT2D eigenvalue weighted by Gasteiger charge is -2.15. The van der Waals surface area contributed by atoms with Crippen molar-refractivity contribution < 1.29 is 19.9 Å². The van der Waals surface area contributed by atoms with Crippen LogP contribution in [0.4, 0.5) is 11.4 Å². The van der Waals surface area contributed by atoms with Gasteiger partial charge >= 0.3 is 0 Å². The summed E-state index contributed by atoms with van der Waals surface area (Å²) in [6.45, 7) is 0.0693. The molecule has 3 aromatic carbocycles. The molecule has 0 spiro atoms. The molecule has 0 amide bonds. The van der Waals surface area contributed by atoms with Gasteiger partial charge in [0.2, 0.25) is 0 Å². The zero-order chi connectivity index (χ0) is 20.4. The van der Waals surface area contributed by atoms with E-state index in [0.717, 1.165) is 21.8 Å². The van der Waals surface area contributed by atoms with Crippen LogP contribution >= 0.6 is 0 Å². The van der Waals surface area contributed by atoms with E-state index in [1.807, 2.05) is 42.5 Å². The third-order valence-electron chi connectivity index (χ3n) is 4.64. The normalized spacial score (nSPS) is 12.2. The van der Waals surface area contributed by atoms with Gasteiger partial charge in [-0.1, -0.05) is 24.3 Å². The zero-order valence-corrected chi connectivity index (χ0v) is 15.3. The Bertz CT molecular complexity index is 1190. The number of phenols is 1. The first-order chi connectivity index (χ1) is 14.0. The van der Waals surface area contributed by atoms with Gasteiger partial charge in [-0.2, -0.15) is 0 Å². The first-order valence-corrected chi connectivity index (χ1v) is 9.04. The van der Waals surface area contributed by atoms with Crippen molar-refractivity contribution in [2.75, 3.05) is 18.5 Å². The molecule has 148 valence electrons. The Hall–Kier alpha value is -3.78. The van der Waals surface area contributed by atoms with E-state index in [4.69, 9.17) is 4.74 Å². The molecule has 4 N–H and O–H groups in total. The maximum atomic E-state index is 10.9. The van der Waals surface area contributed by atoms with Crippen LogP contribution in [-0.2, 0) is 0 Å². The summed E-state index contributed by atoms with van der Waals surface area (Å²) in [5.41, 5.74) is 1.97. The van der Waals surface area contributed by atoms with Gasteiger partial charge in [0.05, 0.1) is 16.1 Å². The number of nitro benzene ring substituents is 1. The number of H-pyrrole nitrogens is 1. The molecule has 0 bridgehead atoms. The number of aliphatic hydroxyl groups is 1. The van der Waals surface area contributed by atoms with Crippen LogP contribution in [-0.4, -0.2) is 39.4 Å². The molecule has 1 heterocycles. The number of anilines is 1. The number of aromatic hydroxyl groups is 1. The molecule has 1 atom stereocenters. The number of phenolic OH excluding ortho intramolecular Hbond substituents is 1. The highest BCUT2D eigenvalue weighted by Gasteiger charge is 2.14. The zero-order valence-electron chi connectivity index (χ0n) is 15.3. The van der Waals surface area contributed by atoms with E-state index in [0.29, 0.717) is 5.75 Å². The van der Waals surface area contributed by atoms with Crippen molar-refractivity contribution in [1.82, 2.24) is 4.98 Å². The summed E-state index contributed by atoms with van der Waals surface area (Å²) in [6.07, 6.45) is -0.894. The highest BCUT2D eigenvalue weighted by atomic mass is 16.6. The quantitative estimate of drug-likeness (QED) is 0.215. The van der Waals surface area contributed by atoms with Crippen LogP contribution in [0.2, 0.25) is 0 Å². The Kier molecular flexibility index (Phi) is 4.92. The molecule has 0 saturated heterocycles. The number of nitrogens with one attached hydrogen (secondary N) is 2. The van der Waals surface area contributed by atoms with Gasteiger partial charge in [0.25, 0.3) is 5.69 Å². The number of benzene rings is 3. The minimum absolute atomic E-state index is 0.0152. The maximum Gasteiger partial charge on any atom is 0.271 e. The molecule has 1 aromatic heterocycles. The van der Waals surface area contributed by atoms with Crippen LogP contribution < -0.4 is 10.1 Å². The Balaban J connectivity index is 1.45. The van der Waals surface area contributed by atoms with E-state index in [1.165, 1.54) is 18.2 Å². The number of ether oxygens (including phenoxy) is 1. The molecule has 0 fully saturated rings. The van der Waals surface area contributed by atoms with Gasteiger partial charge in [0.15, 0.2) is 0 Å². The second-order valence-corrected chi connectivity index (χ2v) is 6.65. The van der Waals surface area contributed by atoms with Crippen molar-refractivity contribution >= 4 is 33.2 Å². The average molecular weight is 393 g/mol. The van der Waals surface area contributed by atoms with E-state index in [-0.39, 0.29) is 30.3 Å². The van der Waals surface area contributed by atoms with Crippen molar-refractivity contribution in [2.45, 2.75) is 6.10 Å². The fourth-order valence-corrected chi connectivity index (χ4v) is 3.24. The summed E-state index contributed by atoms with van der Waals surface area (Å²) >= 11 is 0. The topological polar surface area (TPSA) is 121 Å². The molecule has 8 heteroatoms. The number of aliphatic hydroxyl groups excluding tert-OH is 1. The lowest BCUT2D eigenvalue weighted by molar-refractivity contribution is -0.384. The number of aromatic nitrogens is 1. The Morgan fingerprint density at radius 3 is 2.72 bits per heavy atom. The number of hydrogen-bond donors (Lipinski definition) is 4. The number of non-ortho nitro benzene ring substituents is 1. The van der Waals surface area contributed by atoms with Crippen molar-refractivity contribution in [1.29, 1.82) is 0 Å². The number of aromatic amines is 1. The molecule has 0 aliphatic carbocycles. The molecule has 0 radical (unpaired) electrons. The lowest BCUT2D eigenvalue weighted by atomic mass is 10.1. The van der Waals surface area contributed by atoms with Crippen LogP contribution in [0.15, 0.2) is 60.7 Å². The first-order valence-electron chi connectivity index (χ1n) is 9.04. The lowest BCUT2D eigenvalue weighted by Crippen LogP contribution is -2.26. The van der Waals surface area contributed by atoms with Gasteiger partial charge in [0, 0.05) is 35.0 Å². The predicted octanol–water partition coefficient (Wildman–Crippen LogP) is 3.79. The SMILES string of the molecule is O=[N+]([O-])c1ccc(O)c(NCC(O)COc2cccc3[nH]c4ccccc4c23)c1. The minimum Gasteiger partial charge on any atom is -0.506 e. The number of rotatable bonds is 7. The molecule has 1 unspecified atom stereocenters. The third kappa shape index (κ3) is 3.78. The van der Waals surface area contributed by atoms with Gasteiger partial charge < -0.3 is 25.3 Å². The van der Waals surface area contributed by atoms with Gasteiger partial charge in [0.1, 0.15) is 24.2 Å². The van der Waals surface area contributed by atoms with Gasteiger partial charge in [-0.25, -0.2) is 0 Å². The van der Waals surface area contributed by atoms with Gasteiger partial charge in [-0.05, 0) is 24.3 Å². The Labute approximate surface area is 165 Å². The van der Waals surface area contributed by atoms with Crippen LogP contribution in [0, 0.1) is 10.1 Å². The van der Waals surface area contributed by atoms with E-state index < -0.39 is 11.0 Å². The predicted molar refractivity (Wildman–Crippen MR) is 111 cm³/mol. The van der Waals surface area contributed by atoms with Crippen LogP contribution in [0.25, 0.3) is 21.8 Å². The number of nitro groups is 1. The average Bonchev–Trinajstić information content (AvgIpc) is 3.10. The number of nitrogens with zero attached hydrogens (tertiary/aromatic N) is 1. The largest absolute Gasteiger partial charge is 0.506 e. The first kappa shape index (κ1) is 18.6. The fourth-order valence-electron chi connectivity index (χ4n) is 3.24. The van der Waals surface area contributed by atoms with Crippen molar-refractivity contribution in [3.63, 3.8) is 0 Å². The van der Waals surface area contributed by atoms with E-state index in [9.17, 15) is 20.3 Å². The Morgan fingerprint density at radius 1 is 1.10 bits per heavy atom. The minimum atomic E-state index is -0.894. The smallest absolute Gasteiger partial charge is 0.271 e. The number of hydrogen-bond acceptors (Lipinski definition) is 6. The van der Waals surface area contributed by atoms with Crippen LogP contribution in [0.5, 0.6) is 11.5 Å². The summed E-state index contributed by atoms with van der Waals surface area (Å²) < 4.78 is 5.85. The third-order valence-corrected chi connectivity index (χ3v) is 4.64. The summed E-state index contributed by atoms with van der Waals surface area (Å²) in [7, 11) is 0. The molecule has 29 heavy (non-hydrogen) atoms. The standard InChI is InChI=1S/C21H19N3O5/c25-14(11-22-18-10-13(24(27)28)8-9-19(18)26)12-29-20-7-3-6-17-21(20)15-4-1-2-5-16(15)23-17/h1-10,14,22-23,25-26H,11-12H2. The van der Waals surface area contributed by atoms with Crippen molar-refractivity contribution in [2.24, 2.45) is 0 Å². The molecule has 8 nitrogen and oxygen atoms in total. The van der Waals surface area contributed by atoms with E-state index in [2.05, 4.69) is 10.3 Å². The van der Waals surface area contributed by atoms with E-state index >= 15 is 0 Å². The molecule has 4 rings (SSSR count). The van der Waals surface area contributed by atoms with Crippen molar-refractivity contribution in [3.8, 4) is 11.5 Å². The molecular weight excluding hydrogens is 374 g/mol. The number of fused-ring (bicyclic) bond motifs is 3. The Morgan fingerprint density at radius 2 is 1.90 bits per heavy atom. The van der Waals surface area contributed by atoms with Gasteiger partial charge in [-0.3, -0.25) is 10.1 Å². The second kappa shape index (κ2) is 7.69. The molecule has 0 saturated carbocycles. The molecular formula is C21H19N3O5. The second-order valence-electron chi connectivity index (χ2n) is 6.65. The highest BCUT2D eigenvalue weighted by Crippen LogP contribution is 2.33. The number of para-hydroxylation sites is 1. The summed E-state index contributed by atoms with van der Waals surface area (Å²) in [5, 5.41) is 35.8. The van der Waals surface area contributed by atoms with Crippen LogP contribution in [0.3, 0.4) is 0 Å². The van der Waals surface area contributed by atoms with E-state index in [1.54, 1.807) is 0 Å². The van der Waals surface area contributed by atoms with Gasteiger partial charge in [-0.15, -0.1) is 0 Å². The molecule has 0 aliphatic rings. The van der Waals surface area contributed by atoms with Crippen LogP contribution in [0.1, 0.15) is 0 Å². The summed E-state index contributed by atoms with van der Waals surface area (Å²) in [5.74, 6) is 0.518. The molecule has 4 aromatic rings. The highest BCUT2D eigenvalue weighted by molar-refractivity contribution is 6.10. The summed E-state index contributed by atoms with van der Waals surface area (Å²) in [4.78, 5) is 13.7. The van der Waals surface area contributed by atoms with Crippen molar-refractivity contribution in [3.05, 3.63) is 70.8 Å². The monoisotopic (exact) mass is 393 g/mol. The maximum absolute atomic E-state index is 10.9.